The predicted octanol–water partition coefficient (Wildman–Crippen LogP) is 7.13. The third-order valence-electron chi connectivity index (χ3n) is 5.72. The molecule has 0 amide bonds. The second kappa shape index (κ2) is 7.90. The van der Waals surface area contributed by atoms with Gasteiger partial charge in [-0.15, -0.1) is 0 Å². The van der Waals surface area contributed by atoms with Crippen LogP contribution in [0.3, 0.4) is 0 Å². The van der Waals surface area contributed by atoms with Gasteiger partial charge in [0.1, 0.15) is 5.75 Å². The van der Waals surface area contributed by atoms with Gasteiger partial charge in [-0.25, -0.2) is 0 Å². The van der Waals surface area contributed by atoms with Gasteiger partial charge < -0.3 is 9.72 Å². The first-order valence-electron chi connectivity index (χ1n) is 10.3. The number of nitrogens with one attached hydrogen (secondary N) is 1. The number of aromatic nitrogens is 1. The van der Waals surface area contributed by atoms with Crippen LogP contribution in [0.25, 0.3) is 33.2 Å². The minimum atomic E-state index is -0.0434. The first-order chi connectivity index (χ1) is 14.7. The maximum atomic E-state index is 13.3. The number of hydrogen-bond donors (Lipinski definition) is 1. The van der Waals surface area contributed by atoms with Crippen molar-refractivity contribution in [2.24, 2.45) is 0 Å². The Morgan fingerprint density at radius 1 is 0.871 bits per heavy atom. The van der Waals surface area contributed by atoms with Gasteiger partial charge in [0.05, 0.1) is 17.6 Å². The number of methoxy groups -OCH3 is 1. The van der Waals surface area contributed by atoms with Crippen LogP contribution in [0.5, 0.6) is 5.75 Å². The smallest absolute Gasteiger partial charge is 0.197 e. The second-order valence-corrected chi connectivity index (χ2v) is 9.30. The fraction of sp³-hybridized carbons (Fsp3) is 0.222. The molecule has 0 unspecified atom stereocenters. The van der Waals surface area contributed by atoms with E-state index in [-0.39, 0.29) is 10.8 Å². The van der Waals surface area contributed by atoms with Gasteiger partial charge in [0.15, 0.2) is 5.43 Å². The molecule has 0 aliphatic carbocycles. The van der Waals surface area contributed by atoms with Crippen molar-refractivity contribution in [1.82, 2.24) is 4.98 Å². The Morgan fingerprint density at radius 3 is 1.97 bits per heavy atom. The molecule has 3 aromatic carbocycles. The summed E-state index contributed by atoms with van der Waals surface area (Å²) in [6.45, 7) is 8.55. The molecule has 1 heterocycles. The van der Waals surface area contributed by atoms with E-state index in [9.17, 15) is 4.79 Å². The molecule has 0 atom stereocenters. The first kappa shape index (κ1) is 21.2. The van der Waals surface area contributed by atoms with E-state index in [0.717, 1.165) is 22.4 Å². The molecule has 158 valence electrons. The standard InChI is InChI=1S/C27H26ClNO2/c1-16-25(26(30)21-14-22(28)24(31-5)15-23(21)29-16)19-8-6-17(7-9-19)18-10-12-20(13-11-18)27(2,3)4/h6-15H,1-5H3,(H,29,30). The van der Waals surface area contributed by atoms with Gasteiger partial charge in [-0.2, -0.15) is 0 Å². The topological polar surface area (TPSA) is 42.1 Å². The molecular formula is C27H26ClNO2. The zero-order valence-electron chi connectivity index (χ0n) is 18.5. The number of pyridine rings is 1. The highest BCUT2D eigenvalue weighted by Crippen LogP contribution is 2.31. The van der Waals surface area contributed by atoms with Crippen LogP contribution in [0.1, 0.15) is 32.0 Å². The van der Waals surface area contributed by atoms with Gasteiger partial charge >= 0.3 is 0 Å². The number of halogens is 1. The number of rotatable bonds is 3. The lowest BCUT2D eigenvalue weighted by Gasteiger charge is -2.19. The molecule has 0 spiro atoms. The Labute approximate surface area is 187 Å². The molecular weight excluding hydrogens is 406 g/mol. The maximum Gasteiger partial charge on any atom is 0.197 e. The molecule has 0 bridgehead atoms. The monoisotopic (exact) mass is 431 g/mol. The average Bonchev–Trinajstić information content (AvgIpc) is 2.74. The number of hydrogen-bond acceptors (Lipinski definition) is 2. The summed E-state index contributed by atoms with van der Waals surface area (Å²) >= 11 is 6.26. The highest BCUT2D eigenvalue weighted by Gasteiger charge is 2.15. The fourth-order valence-electron chi connectivity index (χ4n) is 3.91. The molecule has 4 heteroatoms. The lowest BCUT2D eigenvalue weighted by atomic mass is 9.86. The van der Waals surface area contributed by atoms with Crippen molar-refractivity contribution in [1.29, 1.82) is 0 Å². The predicted molar refractivity (Wildman–Crippen MR) is 130 cm³/mol. The summed E-state index contributed by atoms with van der Waals surface area (Å²) in [6, 6.07) is 20.2. The van der Waals surface area contributed by atoms with E-state index in [4.69, 9.17) is 16.3 Å². The number of aromatic amines is 1. The molecule has 0 radical (unpaired) electrons. The van der Waals surface area contributed by atoms with E-state index in [1.54, 1.807) is 19.2 Å². The highest BCUT2D eigenvalue weighted by atomic mass is 35.5. The highest BCUT2D eigenvalue weighted by molar-refractivity contribution is 6.32. The number of H-pyrrole nitrogens is 1. The van der Waals surface area contributed by atoms with Crippen molar-refractivity contribution in [3.63, 3.8) is 0 Å². The van der Waals surface area contributed by atoms with Crippen LogP contribution >= 0.6 is 11.6 Å². The first-order valence-corrected chi connectivity index (χ1v) is 10.7. The van der Waals surface area contributed by atoms with E-state index in [0.29, 0.717) is 27.2 Å². The zero-order chi connectivity index (χ0) is 22.3. The lowest BCUT2D eigenvalue weighted by molar-refractivity contribution is 0.415. The Morgan fingerprint density at radius 2 is 1.42 bits per heavy atom. The van der Waals surface area contributed by atoms with Crippen LogP contribution in [-0.2, 0) is 5.41 Å². The third kappa shape index (κ3) is 3.98. The fourth-order valence-corrected chi connectivity index (χ4v) is 4.15. The average molecular weight is 432 g/mol. The molecule has 4 rings (SSSR count). The summed E-state index contributed by atoms with van der Waals surface area (Å²) in [5.41, 5.74) is 6.72. The van der Waals surface area contributed by atoms with E-state index in [1.807, 2.05) is 19.1 Å². The van der Waals surface area contributed by atoms with Gasteiger partial charge in [-0.3, -0.25) is 4.79 Å². The van der Waals surface area contributed by atoms with E-state index >= 15 is 0 Å². The number of aryl methyl sites for hydroxylation is 1. The molecule has 3 nitrogen and oxygen atoms in total. The Balaban J connectivity index is 1.75. The van der Waals surface area contributed by atoms with Gasteiger partial charge in [0, 0.05) is 22.7 Å². The summed E-state index contributed by atoms with van der Waals surface area (Å²) in [5.74, 6) is 0.541. The summed E-state index contributed by atoms with van der Waals surface area (Å²) in [7, 11) is 1.56. The van der Waals surface area contributed by atoms with Crippen LogP contribution in [-0.4, -0.2) is 12.1 Å². The normalized spacial score (nSPS) is 11.7. The van der Waals surface area contributed by atoms with Crippen LogP contribution < -0.4 is 10.2 Å². The van der Waals surface area contributed by atoms with E-state index < -0.39 is 0 Å². The summed E-state index contributed by atoms with van der Waals surface area (Å²) in [5, 5.41) is 0.970. The van der Waals surface area contributed by atoms with Crippen molar-refractivity contribution in [2.45, 2.75) is 33.1 Å². The van der Waals surface area contributed by atoms with Gasteiger partial charge in [-0.1, -0.05) is 80.9 Å². The quantitative estimate of drug-likeness (QED) is 0.375. The van der Waals surface area contributed by atoms with Crippen molar-refractivity contribution >= 4 is 22.5 Å². The SMILES string of the molecule is COc1cc2[nH]c(C)c(-c3ccc(-c4ccc(C(C)(C)C)cc4)cc3)c(=O)c2cc1Cl. The van der Waals surface area contributed by atoms with Crippen molar-refractivity contribution in [2.75, 3.05) is 7.11 Å². The largest absolute Gasteiger partial charge is 0.495 e. The summed E-state index contributed by atoms with van der Waals surface area (Å²) in [4.78, 5) is 16.6. The van der Waals surface area contributed by atoms with Crippen molar-refractivity contribution < 1.29 is 4.74 Å². The molecule has 0 fully saturated rings. The zero-order valence-corrected chi connectivity index (χ0v) is 19.2. The Bertz CT molecular complexity index is 1310. The minimum absolute atomic E-state index is 0.0434. The minimum Gasteiger partial charge on any atom is -0.495 e. The second-order valence-electron chi connectivity index (χ2n) is 8.89. The number of fused-ring (bicyclic) bond motifs is 1. The molecule has 4 aromatic rings. The molecule has 0 saturated heterocycles. The van der Waals surface area contributed by atoms with Crippen LogP contribution in [0.4, 0.5) is 0 Å². The Kier molecular flexibility index (Phi) is 5.40. The van der Waals surface area contributed by atoms with Crippen molar-refractivity contribution in [3.05, 3.63) is 87.2 Å². The van der Waals surface area contributed by atoms with Crippen LogP contribution in [0, 0.1) is 6.92 Å². The molecule has 1 N–H and O–H groups in total. The summed E-state index contributed by atoms with van der Waals surface area (Å²) < 4.78 is 5.27. The van der Waals surface area contributed by atoms with Crippen LogP contribution in [0.2, 0.25) is 5.02 Å². The van der Waals surface area contributed by atoms with Crippen molar-refractivity contribution in [3.8, 4) is 28.0 Å². The van der Waals surface area contributed by atoms with E-state index in [2.05, 4.69) is 62.2 Å². The van der Waals surface area contributed by atoms with E-state index in [1.165, 1.54) is 5.56 Å². The van der Waals surface area contributed by atoms with Crippen LogP contribution in [0.15, 0.2) is 65.5 Å². The molecule has 0 aliphatic rings. The van der Waals surface area contributed by atoms with Gasteiger partial charge in [0.2, 0.25) is 0 Å². The molecule has 1 aromatic heterocycles. The number of benzene rings is 3. The van der Waals surface area contributed by atoms with Gasteiger partial charge in [-0.05, 0) is 40.7 Å². The van der Waals surface area contributed by atoms with Gasteiger partial charge in [0.25, 0.3) is 0 Å². The number of ether oxygens (including phenoxy) is 1. The lowest BCUT2D eigenvalue weighted by Crippen LogP contribution is -2.10. The summed E-state index contributed by atoms with van der Waals surface area (Å²) in [6.07, 6.45) is 0. The Hall–Kier alpha value is -3.04. The molecule has 31 heavy (non-hydrogen) atoms. The maximum absolute atomic E-state index is 13.3. The molecule has 0 saturated carbocycles. The third-order valence-corrected chi connectivity index (χ3v) is 6.01. The molecule has 0 aliphatic heterocycles.